The minimum absolute atomic E-state index is 0.211. The average Bonchev–Trinajstić information content (AvgIpc) is 2.41. The lowest BCUT2D eigenvalue weighted by atomic mass is 10.2. The zero-order chi connectivity index (χ0) is 14.5. The van der Waals surface area contributed by atoms with Crippen LogP contribution in [0.3, 0.4) is 0 Å². The van der Waals surface area contributed by atoms with Crippen molar-refractivity contribution < 1.29 is 14.8 Å². The average molecular weight is 273 g/mol. The molecule has 2 rings (SSSR count). The van der Waals surface area contributed by atoms with E-state index in [-0.39, 0.29) is 5.69 Å². The van der Waals surface area contributed by atoms with Crippen molar-refractivity contribution in [3.63, 3.8) is 0 Å². The Labute approximate surface area is 114 Å². The number of rotatable bonds is 3. The largest absolute Gasteiger partial charge is 0.502 e. The topological polar surface area (TPSA) is 104 Å². The van der Waals surface area contributed by atoms with Crippen LogP contribution < -0.4 is 10.6 Å². The molecular weight excluding hydrogens is 262 g/mol. The number of hydrogen-bond donors (Lipinski definition) is 3. The van der Waals surface area contributed by atoms with Gasteiger partial charge in [0.15, 0.2) is 5.75 Å². The number of aromatic hydroxyl groups is 1. The van der Waals surface area contributed by atoms with Gasteiger partial charge in [0.2, 0.25) is 0 Å². The maximum atomic E-state index is 11.7. The van der Waals surface area contributed by atoms with Crippen LogP contribution >= 0.6 is 0 Å². The summed E-state index contributed by atoms with van der Waals surface area (Å²) >= 11 is 0. The normalized spacial score (nSPS) is 9.80. The number of carbonyl (C=O) groups excluding carboxylic acids is 1. The van der Waals surface area contributed by atoms with Gasteiger partial charge in [0, 0.05) is 17.4 Å². The van der Waals surface area contributed by atoms with Gasteiger partial charge >= 0.3 is 11.7 Å². The molecule has 7 nitrogen and oxygen atoms in total. The Kier molecular flexibility index (Phi) is 3.80. The van der Waals surface area contributed by atoms with Crippen molar-refractivity contribution in [1.29, 1.82) is 0 Å². The molecule has 0 aliphatic rings. The third-order valence-corrected chi connectivity index (χ3v) is 2.46. The van der Waals surface area contributed by atoms with Gasteiger partial charge in [-0.05, 0) is 24.3 Å². The molecule has 0 atom stereocenters. The Morgan fingerprint density at radius 3 is 2.35 bits per heavy atom. The molecule has 0 aliphatic heterocycles. The van der Waals surface area contributed by atoms with Gasteiger partial charge in [0.05, 0.1) is 4.92 Å². The van der Waals surface area contributed by atoms with E-state index in [1.807, 2.05) is 6.07 Å². The lowest BCUT2D eigenvalue weighted by molar-refractivity contribution is -0.385. The number of urea groups is 1. The minimum Gasteiger partial charge on any atom is -0.502 e. The van der Waals surface area contributed by atoms with Gasteiger partial charge in [-0.3, -0.25) is 10.1 Å². The second-order valence-corrected chi connectivity index (χ2v) is 3.91. The lowest BCUT2D eigenvalue weighted by Gasteiger charge is -2.07. The molecule has 2 amide bonds. The first-order valence-electron chi connectivity index (χ1n) is 5.67. The number of hydrogen-bond acceptors (Lipinski definition) is 4. The molecular formula is C13H11N3O4. The zero-order valence-corrected chi connectivity index (χ0v) is 10.2. The first kappa shape index (κ1) is 13.3. The fraction of sp³-hybridized carbons (Fsp3) is 0. The van der Waals surface area contributed by atoms with Crippen LogP contribution in [-0.4, -0.2) is 16.1 Å². The first-order valence-corrected chi connectivity index (χ1v) is 5.67. The van der Waals surface area contributed by atoms with Gasteiger partial charge < -0.3 is 15.7 Å². The van der Waals surface area contributed by atoms with E-state index >= 15 is 0 Å². The number of anilines is 2. The predicted molar refractivity (Wildman–Crippen MR) is 73.8 cm³/mol. The highest BCUT2D eigenvalue weighted by atomic mass is 16.6. The quantitative estimate of drug-likeness (QED) is 0.454. The molecule has 0 saturated carbocycles. The Morgan fingerprint density at radius 2 is 1.70 bits per heavy atom. The van der Waals surface area contributed by atoms with E-state index in [0.717, 1.165) is 12.1 Å². The minimum atomic E-state index is -0.727. The van der Waals surface area contributed by atoms with Crippen LogP contribution in [0.15, 0.2) is 48.5 Å². The molecule has 2 aromatic rings. The van der Waals surface area contributed by atoms with Gasteiger partial charge in [-0.25, -0.2) is 4.79 Å². The number of amides is 2. The van der Waals surface area contributed by atoms with E-state index in [1.165, 1.54) is 6.07 Å². The summed E-state index contributed by atoms with van der Waals surface area (Å²) in [6.07, 6.45) is 0. The SMILES string of the molecule is O=C(Nc1ccccc1)Nc1ccc(O)c([N+](=O)[O-])c1. The monoisotopic (exact) mass is 273 g/mol. The van der Waals surface area contributed by atoms with E-state index in [1.54, 1.807) is 24.3 Å². The van der Waals surface area contributed by atoms with Crippen LogP contribution in [0, 0.1) is 10.1 Å². The summed E-state index contributed by atoms with van der Waals surface area (Å²) in [7, 11) is 0. The highest BCUT2D eigenvalue weighted by Gasteiger charge is 2.14. The Balaban J connectivity index is 2.08. The van der Waals surface area contributed by atoms with Crippen molar-refractivity contribution in [3.05, 3.63) is 58.6 Å². The third kappa shape index (κ3) is 3.22. The van der Waals surface area contributed by atoms with E-state index < -0.39 is 22.4 Å². The van der Waals surface area contributed by atoms with Crippen LogP contribution in [0.1, 0.15) is 0 Å². The Morgan fingerprint density at radius 1 is 1.05 bits per heavy atom. The molecule has 0 spiro atoms. The van der Waals surface area contributed by atoms with Crippen molar-refractivity contribution in [1.82, 2.24) is 0 Å². The Bertz CT molecular complexity index is 643. The maximum absolute atomic E-state index is 11.7. The van der Waals surface area contributed by atoms with E-state index in [9.17, 15) is 20.0 Å². The van der Waals surface area contributed by atoms with Crippen LogP contribution in [-0.2, 0) is 0 Å². The van der Waals surface area contributed by atoms with E-state index in [4.69, 9.17) is 0 Å². The molecule has 0 aromatic heterocycles. The van der Waals surface area contributed by atoms with Crippen molar-refractivity contribution in [2.24, 2.45) is 0 Å². The molecule has 0 unspecified atom stereocenters. The molecule has 7 heteroatoms. The zero-order valence-electron chi connectivity index (χ0n) is 10.2. The number of nitrogens with one attached hydrogen (secondary N) is 2. The fourth-order valence-electron chi connectivity index (χ4n) is 1.56. The van der Waals surface area contributed by atoms with Crippen molar-refractivity contribution in [2.75, 3.05) is 10.6 Å². The lowest BCUT2D eigenvalue weighted by Crippen LogP contribution is -2.19. The number of nitro benzene ring substituents is 1. The summed E-state index contributed by atoms with van der Waals surface area (Å²) in [4.78, 5) is 21.6. The van der Waals surface area contributed by atoms with Gasteiger partial charge in [-0.2, -0.15) is 0 Å². The highest BCUT2D eigenvalue weighted by molar-refractivity contribution is 5.99. The van der Waals surface area contributed by atoms with Gasteiger partial charge in [-0.15, -0.1) is 0 Å². The van der Waals surface area contributed by atoms with Crippen LogP contribution in [0.25, 0.3) is 0 Å². The summed E-state index contributed by atoms with van der Waals surface area (Å²) in [5.41, 5.74) is 0.337. The molecule has 0 saturated heterocycles. The maximum Gasteiger partial charge on any atom is 0.323 e. The van der Waals surface area contributed by atoms with Gasteiger partial charge in [0.25, 0.3) is 0 Å². The molecule has 3 N–H and O–H groups in total. The molecule has 102 valence electrons. The Hall–Kier alpha value is -3.09. The van der Waals surface area contributed by atoms with Crippen LogP contribution in [0.4, 0.5) is 21.9 Å². The van der Waals surface area contributed by atoms with Crippen molar-refractivity contribution in [3.8, 4) is 5.75 Å². The number of phenolic OH excluding ortho intramolecular Hbond substituents is 1. The molecule has 20 heavy (non-hydrogen) atoms. The number of nitrogens with zero attached hydrogens (tertiary/aromatic N) is 1. The predicted octanol–water partition coefficient (Wildman–Crippen LogP) is 2.94. The summed E-state index contributed by atoms with van der Waals surface area (Å²) in [6.45, 7) is 0. The number of benzene rings is 2. The van der Waals surface area contributed by atoms with E-state index in [0.29, 0.717) is 5.69 Å². The van der Waals surface area contributed by atoms with Crippen LogP contribution in [0.5, 0.6) is 5.75 Å². The summed E-state index contributed by atoms with van der Waals surface area (Å²) < 4.78 is 0. The van der Waals surface area contributed by atoms with Crippen LogP contribution in [0.2, 0.25) is 0 Å². The van der Waals surface area contributed by atoms with Gasteiger partial charge in [-0.1, -0.05) is 18.2 Å². The first-order chi connectivity index (χ1) is 9.56. The van der Waals surface area contributed by atoms with Crippen molar-refractivity contribution >= 4 is 23.1 Å². The summed E-state index contributed by atoms with van der Waals surface area (Å²) in [6, 6.07) is 11.8. The third-order valence-electron chi connectivity index (χ3n) is 2.46. The summed E-state index contributed by atoms with van der Waals surface area (Å²) in [5.74, 6) is -0.455. The molecule has 0 fully saturated rings. The molecule has 0 aliphatic carbocycles. The number of carbonyl (C=O) groups is 1. The molecule has 0 heterocycles. The number of para-hydroxylation sites is 1. The standard InChI is InChI=1S/C13H11N3O4/c17-12-7-6-10(8-11(12)16(19)20)15-13(18)14-9-4-2-1-3-5-9/h1-8,17H,(H2,14,15,18). The molecule has 0 radical (unpaired) electrons. The number of nitro groups is 1. The summed E-state index contributed by atoms with van der Waals surface area (Å²) in [5, 5.41) is 25.0. The fourth-order valence-corrected chi connectivity index (χ4v) is 1.56. The number of phenols is 1. The highest BCUT2D eigenvalue weighted by Crippen LogP contribution is 2.28. The van der Waals surface area contributed by atoms with Crippen molar-refractivity contribution in [2.45, 2.75) is 0 Å². The molecule has 0 bridgehead atoms. The molecule has 2 aromatic carbocycles. The second kappa shape index (κ2) is 5.70. The van der Waals surface area contributed by atoms with E-state index in [2.05, 4.69) is 10.6 Å². The smallest absolute Gasteiger partial charge is 0.323 e. The van der Waals surface area contributed by atoms with Gasteiger partial charge in [0.1, 0.15) is 0 Å². The second-order valence-electron chi connectivity index (χ2n) is 3.91.